The molecule has 0 aromatic carbocycles. The molecule has 1 fully saturated rings. The van der Waals surface area contributed by atoms with Crippen LogP contribution in [-0.2, 0) is 23.2 Å². The number of aromatic nitrogens is 5. The number of carboxylic acids is 1. The van der Waals surface area contributed by atoms with Gasteiger partial charge >= 0.3 is 5.97 Å². The number of hydrogen-bond acceptors (Lipinski definition) is 10. The van der Waals surface area contributed by atoms with Crippen molar-refractivity contribution in [3.63, 3.8) is 0 Å². The maximum Gasteiger partial charge on any atom is 0.352 e. The number of carbonyl (C=O) groups excluding carboxylic acids is 1. The molecule has 1 amide bonds. The third-order valence-corrected chi connectivity index (χ3v) is 7.77. The quantitative estimate of drug-likeness (QED) is 0.254. The Morgan fingerprint density at radius 1 is 1.38 bits per heavy atom. The number of anilines is 1. The average molecular weight is 504 g/mol. The van der Waals surface area contributed by atoms with Crippen LogP contribution in [0.2, 0.25) is 0 Å². The summed E-state index contributed by atoms with van der Waals surface area (Å²) >= 11 is 2.90. The molecule has 2 aliphatic heterocycles. The van der Waals surface area contributed by atoms with Crippen LogP contribution in [0.4, 0.5) is 5.69 Å². The number of hydrogen-bond donors (Lipinski definition) is 2. The first kappa shape index (κ1) is 23.8. The fourth-order valence-corrected chi connectivity index (χ4v) is 6.05. The standard InChI is InChI=1S/C20H19N7O4S2.H2O/c1-25-20(22-23-24-25)33-11-12-10-32-18-15(17(28)27(18)16(12)19(29)30)21-13-4-6-26(7-5-13)9-14-3-2-8-31-14;/h2-8,15,18H,9-11H2,1H3,(H,29,30);1H2/t15-,18?;/m1./s1. The van der Waals surface area contributed by atoms with Crippen LogP contribution >= 0.6 is 23.5 Å². The van der Waals surface area contributed by atoms with E-state index in [9.17, 15) is 14.7 Å². The van der Waals surface area contributed by atoms with Gasteiger partial charge in [-0.2, -0.15) is 4.57 Å². The largest absolute Gasteiger partial charge is 0.870 e. The van der Waals surface area contributed by atoms with Gasteiger partial charge in [0.2, 0.25) is 11.7 Å². The predicted molar refractivity (Wildman–Crippen MR) is 121 cm³/mol. The van der Waals surface area contributed by atoms with Crippen LogP contribution in [0.5, 0.6) is 0 Å². The zero-order valence-corrected chi connectivity index (χ0v) is 19.6. The summed E-state index contributed by atoms with van der Waals surface area (Å²) in [6, 6.07) is 7.04. The van der Waals surface area contributed by atoms with Crippen LogP contribution in [0.1, 0.15) is 5.76 Å². The van der Waals surface area contributed by atoms with Gasteiger partial charge in [-0.15, -0.1) is 16.9 Å². The molecule has 0 aliphatic carbocycles. The Morgan fingerprint density at radius 3 is 2.82 bits per heavy atom. The number of β-lactam (4-membered cyclic amide) rings is 1. The zero-order valence-electron chi connectivity index (χ0n) is 17.9. The van der Waals surface area contributed by atoms with E-state index in [1.54, 1.807) is 25.1 Å². The molecule has 5 rings (SSSR count). The fourth-order valence-electron chi connectivity index (χ4n) is 3.71. The fraction of sp³-hybridized carbons (Fsp3) is 0.300. The number of pyridine rings is 1. The monoisotopic (exact) mass is 503 g/mol. The van der Waals surface area contributed by atoms with E-state index in [1.807, 2.05) is 41.2 Å². The highest BCUT2D eigenvalue weighted by Crippen LogP contribution is 2.42. The molecule has 1 saturated heterocycles. The molecule has 2 aliphatic rings. The normalized spacial score (nSPS) is 19.3. The Balaban J connectivity index is 0.00000274. The van der Waals surface area contributed by atoms with E-state index in [4.69, 9.17) is 4.42 Å². The van der Waals surface area contributed by atoms with Gasteiger partial charge in [0.15, 0.2) is 18.2 Å². The van der Waals surface area contributed by atoms with Gasteiger partial charge in [0.25, 0.3) is 5.91 Å². The van der Waals surface area contributed by atoms with Crippen molar-refractivity contribution in [2.24, 2.45) is 7.05 Å². The predicted octanol–water partition coefficient (Wildman–Crippen LogP) is 0.789. The molecule has 3 N–H and O–H groups in total. The molecule has 0 saturated carbocycles. The lowest BCUT2D eigenvalue weighted by molar-refractivity contribution is -0.689. The molecule has 1 unspecified atom stereocenters. The van der Waals surface area contributed by atoms with Crippen LogP contribution in [0.25, 0.3) is 0 Å². The molecular formula is C20H21N7O5S2. The van der Waals surface area contributed by atoms with E-state index in [0.717, 1.165) is 11.4 Å². The number of aliphatic carboxylic acids is 1. The minimum Gasteiger partial charge on any atom is -0.870 e. The third-order valence-electron chi connectivity index (χ3n) is 5.34. The Labute approximate surface area is 202 Å². The highest BCUT2D eigenvalue weighted by Gasteiger charge is 2.53. The van der Waals surface area contributed by atoms with Gasteiger partial charge in [0, 0.05) is 36.4 Å². The van der Waals surface area contributed by atoms with Crippen molar-refractivity contribution >= 4 is 41.1 Å². The van der Waals surface area contributed by atoms with Crippen LogP contribution in [0.15, 0.2) is 63.8 Å². The molecule has 178 valence electrons. The molecule has 14 heteroatoms. The number of thioether (sulfide) groups is 2. The van der Waals surface area contributed by atoms with E-state index in [-0.39, 0.29) is 22.5 Å². The van der Waals surface area contributed by atoms with Crippen molar-refractivity contribution in [3.05, 3.63) is 60.0 Å². The molecule has 0 spiro atoms. The summed E-state index contributed by atoms with van der Waals surface area (Å²) in [6.45, 7) is 0.611. The van der Waals surface area contributed by atoms with E-state index >= 15 is 0 Å². The zero-order chi connectivity index (χ0) is 22.9. The van der Waals surface area contributed by atoms with Crippen LogP contribution in [0.3, 0.4) is 0 Å². The lowest BCUT2D eigenvalue weighted by atomic mass is 10.0. The van der Waals surface area contributed by atoms with E-state index < -0.39 is 12.0 Å². The van der Waals surface area contributed by atoms with Crippen molar-refractivity contribution in [1.29, 1.82) is 0 Å². The van der Waals surface area contributed by atoms with E-state index in [2.05, 4.69) is 20.8 Å². The molecule has 0 radical (unpaired) electrons. The van der Waals surface area contributed by atoms with Crippen molar-refractivity contribution in [2.75, 3.05) is 16.8 Å². The summed E-state index contributed by atoms with van der Waals surface area (Å²) in [4.78, 5) is 26.3. The summed E-state index contributed by atoms with van der Waals surface area (Å²) in [5.74, 6) is 0.412. The van der Waals surface area contributed by atoms with Crippen LogP contribution in [-0.4, -0.2) is 70.5 Å². The summed E-state index contributed by atoms with van der Waals surface area (Å²) in [7, 11) is 1.72. The lowest BCUT2D eigenvalue weighted by Crippen LogP contribution is -2.67. The molecule has 0 bridgehead atoms. The second kappa shape index (κ2) is 9.87. The Kier molecular flexibility index (Phi) is 6.90. The number of furan rings is 1. The molecule has 3 aromatic heterocycles. The van der Waals surface area contributed by atoms with Crippen LogP contribution < -0.4 is 9.88 Å². The first-order valence-corrected chi connectivity index (χ1v) is 12.1. The van der Waals surface area contributed by atoms with Gasteiger partial charge in [-0.25, -0.2) is 9.48 Å². The van der Waals surface area contributed by atoms with Gasteiger partial charge < -0.3 is 20.3 Å². The topological polar surface area (TPSA) is 160 Å². The van der Waals surface area contributed by atoms with Gasteiger partial charge in [-0.3, -0.25) is 9.69 Å². The van der Waals surface area contributed by atoms with Gasteiger partial charge in [-0.05, 0) is 28.1 Å². The number of tetrazole rings is 1. The first-order chi connectivity index (χ1) is 16.0. The number of nitrogens with zero attached hydrogens (tertiary/aromatic N) is 6. The first-order valence-electron chi connectivity index (χ1n) is 10.0. The molecular weight excluding hydrogens is 482 g/mol. The lowest BCUT2D eigenvalue weighted by Gasteiger charge is -2.49. The van der Waals surface area contributed by atoms with Crippen molar-refractivity contribution in [1.82, 2.24) is 25.1 Å². The maximum absolute atomic E-state index is 12.9. The van der Waals surface area contributed by atoms with Gasteiger partial charge in [0.05, 0.1) is 6.26 Å². The second-order valence-electron chi connectivity index (χ2n) is 7.50. The molecule has 12 nitrogen and oxygen atoms in total. The maximum atomic E-state index is 12.9. The number of carbonyl (C=O) groups is 2. The minimum absolute atomic E-state index is 0. The van der Waals surface area contributed by atoms with E-state index in [1.165, 1.54) is 21.3 Å². The number of rotatable bonds is 8. The number of aryl methyl sites for hydroxylation is 1. The minimum atomic E-state index is -1.10. The molecule has 5 heterocycles. The van der Waals surface area contributed by atoms with Crippen molar-refractivity contribution in [2.45, 2.75) is 23.1 Å². The van der Waals surface area contributed by atoms with Crippen molar-refractivity contribution in [3.8, 4) is 0 Å². The summed E-state index contributed by atoms with van der Waals surface area (Å²) in [5.41, 5.74) is 1.54. The summed E-state index contributed by atoms with van der Waals surface area (Å²) < 4.78 is 8.85. The molecule has 3 aromatic rings. The highest BCUT2D eigenvalue weighted by atomic mass is 32.2. The number of nitrogens with one attached hydrogen (secondary N) is 1. The third kappa shape index (κ3) is 4.51. The number of carboxylic acid groups (broad SMARTS) is 1. The van der Waals surface area contributed by atoms with E-state index in [0.29, 0.717) is 28.8 Å². The second-order valence-corrected chi connectivity index (χ2v) is 9.55. The van der Waals surface area contributed by atoms with Crippen molar-refractivity contribution < 1.29 is 29.2 Å². The molecule has 2 atom stereocenters. The number of fused-ring (bicyclic) bond motifs is 1. The summed E-state index contributed by atoms with van der Waals surface area (Å²) in [5, 5.41) is 24.7. The van der Waals surface area contributed by atoms with Crippen LogP contribution in [0, 0.1) is 0 Å². The highest BCUT2D eigenvalue weighted by molar-refractivity contribution is 8.01. The average Bonchev–Trinajstić information content (AvgIpc) is 3.47. The Hall–Kier alpha value is -3.36. The van der Waals surface area contributed by atoms with Gasteiger partial charge in [0.1, 0.15) is 17.1 Å². The molecule has 34 heavy (non-hydrogen) atoms. The Morgan fingerprint density at radius 2 is 2.18 bits per heavy atom. The smallest absolute Gasteiger partial charge is 0.352 e. The summed E-state index contributed by atoms with van der Waals surface area (Å²) in [6.07, 6.45) is 5.44. The Bertz CT molecular complexity index is 1210. The number of amides is 1. The SMILES string of the molecule is Cn1nnnc1SCC1=C(C(=O)O)N2C(=O)[C@@H](Nc3cc[n+](Cc4ccco4)cc3)C2SC1.[OH-]. The van der Waals surface area contributed by atoms with Gasteiger partial charge in [-0.1, -0.05) is 11.8 Å².